The number of amides is 1. The third kappa shape index (κ3) is 3.27. The van der Waals surface area contributed by atoms with Gasteiger partial charge in [0.25, 0.3) is 0 Å². The molecule has 1 aromatic rings. The summed E-state index contributed by atoms with van der Waals surface area (Å²) in [7, 11) is 0. The van der Waals surface area contributed by atoms with Gasteiger partial charge < -0.3 is 10.1 Å². The van der Waals surface area contributed by atoms with Crippen molar-refractivity contribution < 1.29 is 9.53 Å². The van der Waals surface area contributed by atoms with Gasteiger partial charge in [-0.15, -0.1) is 0 Å². The number of rotatable bonds is 3. The number of carbonyl (C=O) groups is 1. The molecule has 1 amide bonds. The minimum atomic E-state index is -0.398. The molecule has 0 saturated carbocycles. The van der Waals surface area contributed by atoms with Gasteiger partial charge in [0.1, 0.15) is 5.75 Å². The third-order valence-electron chi connectivity index (χ3n) is 2.06. The molecule has 1 aromatic carbocycles. The van der Waals surface area contributed by atoms with E-state index in [0.717, 1.165) is 5.56 Å². The Morgan fingerprint density at radius 3 is 2.67 bits per heavy atom. The van der Waals surface area contributed by atoms with Gasteiger partial charge in [-0.25, -0.2) is 4.79 Å². The van der Waals surface area contributed by atoms with E-state index >= 15 is 0 Å². The normalized spacial score (nSPS) is 10.1. The summed E-state index contributed by atoms with van der Waals surface area (Å²) in [5.41, 5.74) is 1.05. The van der Waals surface area contributed by atoms with Crippen LogP contribution in [-0.2, 0) is 0 Å². The lowest BCUT2D eigenvalue weighted by atomic mass is 10.0. The molecule has 0 bridgehead atoms. The molecule has 0 fully saturated rings. The van der Waals surface area contributed by atoms with Crippen LogP contribution in [-0.4, -0.2) is 12.6 Å². The number of hydrogen-bond donors (Lipinski definition) is 1. The quantitative estimate of drug-likeness (QED) is 0.827. The van der Waals surface area contributed by atoms with Crippen LogP contribution in [0.25, 0.3) is 0 Å². The molecule has 1 rings (SSSR count). The molecule has 0 aliphatic carbocycles. The average Bonchev–Trinajstić information content (AvgIpc) is 2.18. The van der Waals surface area contributed by atoms with Gasteiger partial charge >= 0.3 is 6.09 Å². The monoisotopic (exact) mass is 207 g/mol. The summed E-state index contributed by atoms with van der Waals surface area (Å²) >= 11 is 0. The summed E-state index contributed by atoms with van der Waals surface area (Å²) in [6.45, 7) is 6.57. The van der Waals surface area contributed by atoms with E-state index in [2.05, 4.69) is 19.2 Å². The molecule has 0 aromatic heterocycles. The molecule has 1 N–H and O–H groups in total. The maximum Gasteiger partial charge on any atom is 0.412 e. The second-order valence-electron chi connectivity index (χ2n) is 3.61. The van der Waals surface area contributed by atoms with E-state index < -0.39 is 6.09 Å². The molecule has 3 nitrogen and oxygen atoms in total. The molecule has 0 aliphatic heterocycles. The number of hydrogen-bond acceptors (Lipinski definition) is 2. The van der Waals surface area contributed by atoms with Crippen molar-refractivity contribution in [2.24, 2.45) is 0 Å². The summed E-state index contributed by atoms with van der Waals surface area (Å²) in [6, 6.07) is 7.59. The zero-order chi connectivity index (χ0) is 11.3. The Hall–Kier alpha value is -1.51. The molecular weight excluding hydrogens is 190 g/mol. The minimum absolute atomic E-state index is 0.343. The molecule has 0 unspecified atom stereocenters. The Morgan fingerprint density at radius 2 is 2.07 bits per heavy atom. The van der Waals surface area contributed by atoms with E-state index in [1.165, 1.54) is 0 Å². The van der Waals surface area contributed by atoms with Crippen molar-refractivity contribution in [1.29, 1.82) is 0 Å². The first-order valence-electron chi connectivity index (χ1n) is 5.19. The third-order valence-corrected chi connectivity index (χ3v) is 2.06. The van der Waals surface area contributed by atoms with Crippen molar-refractivity contribution in [2.45, 2.75) is 26.7 Å². The van der Waals surface area contributed by atoms with Crippen molar-refractivity contribution in [2.75, 3.05) is 6.54 Å². The predicted molar refractivity (Wildman–Crippen MR) is 60.2 cm³/mol. The van der Waals surface area contributed by atoms with Gasteiger partial charge in [0, 0.05) is 6.54 Å². The second kappa shape index (κ2) is 5.39. The largest absolute Gasteiger partial charge is 0.412 e. The van der Waals surface area contributed by atoms with Crippen LogP contribution in [0.15, 0.2) is 24.3 Å². The SMILES string of the molecule is CCNC(=O)Oc1ccccc1C(C)C. The second-order valence-corrected chi connectivity index (χ2v) is 3.61. The van der Waals surface area contributed by atoms with Crippen molar-refractivity contribution in [1.82, 2.24) is 5.32 Å². The lowest BCUT2D eigenvalue weighted by Gasteiger charge is -2.12. The summed E-state index contributed by atoms with van der Waals surface area (Å²) in [4.78, 5) is 11.3. The lowest BCUT2D eigenvalue weighted by molar-refractivity contribution is 0.200. The van der Waals surface area contributed by atoms with E-state index in [0.29, 0.717) is 18.2 Å². The Balaban J connectivity index is 2.80. The Kier molecular flexibility index (Phi) is 4.16. The van der Waals surface area contributed by atoms with Crippen molar-refractivity contribution in [3.8, 4) is 5.75 Å². The van der Waals surface area contributed by atoms with Crippen LogP contribution in [0.5, 0.6) is 5.75 Å². The van der Waals surface area contributed by atoms with E-state index in [4.69, 9.17) is 4.74 Å². The van der Waals surface area contributed by atoms with Crippen LogP contribution >= 0.6 is 0 Å². The topological polar surface area (TPSA) is 38.3 Å². The highest BCUT2D eigenvalue weighted by Gasteiger charge is 2.09. The first-order chi connectivity index (χ1) is 7.15. The maximum absolute atomic E-state index is 11.3. The fraction of sp³-hybridized carbons (Fsp3) is 0.417. The minimum Gasteiger partial charge on any atom is -0.410 e. The van der Waals surface area contributed by atoms with Crippen molar-refractivity contribution in [3.63, 3.8) is 0 Å². The van der Waals surface area contributed by atoms with Gasteiger partial charge in [0.2, 0.25) is 0 Å². The van der Waals surface area contributed by atoms with Gasteiger partial charge in [0.05, 0.1) is 0 Å². The Morgan fingerprint density at radius 1 is 1.40 bits per heavy atom. The first-order valence-corrected chi connectivity index (χ1v) is 5.19. The van der Waals surface area contributed by atoms with Crippen LogP contribution in [0.3, 0.4) is 0 Å². The number of para-hydroxylation sites is 1. The number of ether oxygens (including phenoxy) is 1. The summed E-state index contributed by atoms with van der Waals surface area (Å²) in [5.74, 6) is 0.981. The molecule has 0 heterocycles. The molecule has 82 valence electrons. The number of benzene rings is 1. The van der Waals surface area contributed by atoms with Gasteiger partial charge in [0.15, 0.2) is 0 Å². The van der Waals surface area contributed by atoms with Crippen LogP contribution in [0.2, 0.25) is 0 Å². The van der Waals surface area contributed by atoms with Crippen LogP contribution in [0, 0.1) is 0 Å². The zero-order valence-electron chi connectivity index (χ0n) is 9.41. The average molecular weight is 207 g/mol. The Labute approximate surface area is 90.4 Å². The van der Waals surface area contributed by atoms with Gasteiger partial charge in [-0.05, 0) is 24.5 Å². The molecule has 0 aliphatic rings. The smallest absolute Gasteiger partial charge is 0.410 e. The van der Waals surface area contributed by atoms with Gasteiger partial charge in [-0.1, -0.05) is 32.0 Å². The highest BCUT2D eigenvalue weighted by molar-refractivity contribution is 5.70. The highest BCUT2D eigenvalue weighted by atomic mass is 16.6. The molecule has 15 heavy (non-hydrogen) atoms. The standard InChI is InChI=1S/C12H17NO2/c1-4-13-12(14)15-11-8-6-5-7-10(11)9(2)3/h5-9H,4H2,1-3H3,(H,13,14). The number of carbonyl (C=O) groups excluding carboxylic acids is 1. The Bertz CT molecular complexity index is 334. The van der Waals surface area contributed by atoms with Gasteiger partial charge in [-0.3, -0.25) is 0 Å². The van der Waals surface area contributed by atoms with Crippen molar-refractivity contribution >= 4 is 6.09 Å². The van der Waals surface area contributed by atoms with E-state index in [9.17, 15) is 4.79 Å². The highest BCUT2D eigenvalue weighted by Crippen LogP contribution is 2.25. The molecule has 0 atom stereocenters. The molecule has 0 radical (unpaired) electrons. The molecule has 3 heteroatoms. The van der Waals surface area contributed by atoms with E-state index in [1.54, 1.807) is 0 Å². The van der Waals surface area contributed by atoms with Crippen LogP contribution < -0.4 is 10.1 Å². The summed E-state index contributed by atoms with van der Waals surface area (Å²) in [5, 5.41) is 2.60. The first kappa shape index (κ1) is 11.6. The number of nitrogens with one attached hydrogen (secondary N) is 1. The van der Waals surface area contributed by atoms with Crippen LogP contribution in [0.1, 0.15) is 32.3 Å². The zero-order valence-corrected chi connectivity index (χ0v) is 9.41. The van der Waals surface area contributed by atoms with E-state index in [-0.39, 0.29) is 0 Å². The fourth-order valence-electron chi connectivity index (χ4n) is 1.33. The molecule has 0 spiro atoms. The lowest BCUT2D eigenvalue weighted by Crippen LogP contribution is -2.26. The fourth-order valence-corrected chi connectivity index (χ4v) is 1.33. The summed E-state index contributed by atoms with van der Waals surface area (Å²) in [6.07, 6.45) is -0.398. The molecule has 0 saturated heterocycles. The van der Waals surface area contributed by atoms with Crippen LogP contribution in [0.4, 0.5) is 4.79 Å². The summed E-state index contributed by atoms with van der Waals surface area (Å²) < 4.78 is 5.20. The molecular formula is C12H17NO2. The van der Waals surface area contributed by atoms with E-state index in [1.807, 2.05) is 31.2 Å². The van der Waals surface area contributed by atoms with Gasteiger partial charge in [-0.2, -0.15) is 0 Å². The predicted octanol–water partition coefficient (Wildman–Crippen LogP) is 2.92. The van der Waals surface area contributed by atoms with Crippen molar-refractivity contribution in [3.05, 3.63) is 29.8 Å². The maximum atomic E-state index is 11.3.